The van der Waals surface area contributed by atoms with Crippen molar-refractivity contribution in [3.8, 4) is 0 Å². The van der Waals surface area contributed by atoms with Gasteiger partial charge >= 0.3 is 0 Å². The zero-order chi connectivity index (χ0) is 15.1. The number of ether oxygens (including phenoxy) is 1. The molecule has 0 radical (unpaired) electrons. The minimum Gasteiger partial charge on any atom is -0.378 e. The van der Waals surface area contributed by atoms with Gasteiger partial charge in [0.2, 0.25) is 5.89 Å². The van der Waals surface area contributed by atoms with Gasteiger partial charge in [0.05, 0.1) is 6.10 Å². The molecule has 2 fully saturated rings. The fraction of sp³-hybridized carbons (Fsp3) is 0.875. The van der Waals surface area contributed by atoms with Gasteiger partial charge in [-0.25, -0.2) is 0 Å². The van der Waals surface area contributed by atoms with Crippen LogP contribution < -0.4 is 5.73 Å². The maximum absolute atomic E-state index is 6.59. The molecule has 0 saturated heterocycles. The summed E-state index contributed by atoms with van der Waals surface area (Å²) in [5, 5.41) is 4.22. The van der Waals surface area contributed by atoms with E-state index in [1.165, 1.54) is 32.1 Å². The summed E-state index contributed by atoms with van der Waals surface area (Å²) in [5.74, 6) is 1.89. The molecule has 2 N–H and O–H groups in total. The first kappa shape index (κ1) is 15.0. The van der Waals surface area contributed by atoms with Crippen molar-refractivity contribution in [3.05, 3.63) is 11.7 Å². The molecule has 0 aromatic carbocycles. The Morgan fingerprint density at radius 3 is 2.62 bits per heavy atom. The second-order valence-electron chi connectivity index (χ2n) is 7.13. The van der Waals surface area contributed by atoms with Crippen molar-refractivity contribution in [2.24, 2.45) is 11.1 Å². The molecule has 2 atom stereocenters. The minimum atomic E-state index is -0.563. The molecule has 3 rings (SSSR count). The lowest BCUT2D eigenvalue weighted by Gasteiger charge is -2.56. The Morgan fingerprint density at radius 1 is 1.29 bits per heavy atom. The van der Waals surface area contributed by atoms with Gasteiger partial charge in [-0.2, -0.15) is 4.98 Å². The average molecular weight is 293 g/mol. The number of hydrogen-bond donors (Lipinski definition) is 1. The van der Waals surface area contributed by atoms with E-state index in [0.29, 0.717) is 18.4 Å². The van der Waals surface area contributed by atoms with Gasteiger partial charge in [0.1, 0.15) is 5.54 Å². The van der Waals surface area contributed by atoms with E-state index in [4.69, 9.17) is 15.0 Å². The van der Waals surface area contributed by atoms with Crippen LogP contribution in [0.25, 0.3) is 0 Å². The van der Waals surface area contributed by atoms with E-state index < -0.39 is 5.54 Å². The van der Waals surface area contributed by atoms with Gasteiger partial charge in [0.25, 0.3) is 0 Å². The summed E-state index contributed by atoms with van der Waals surface area (Å²) >= 11 is 0. The molecule has 0 spiro atoms. The predicted octanol–water partition coefficient (Wildman–Crippen LogP) is 3.11. The Hall–Kier alpha value is -0.940. The SMILES string of the molecule is CCOC1CC(N)(c2nc(C3CCCCC3)no2)C1(C)C. The van der Waals surface area contributed by atoms with E-state index >= 15 is 0 Å². The van der Waals surface area contributed by atoms with Gasteiger partial charge in [0.15, 0.2) is 5.82 Å². The molecule has 118 valence electrons. The number of nitrogens with two attached hydrogens (primary N) is 1. The van der Waals surface area contributed by atoms with Gasteiger partial charge in [-0.1, -0.05) is 38.3 Å². The third-order valence-electron chi connectivity index (χ3n) is 5.62. The molecule has 5 nitrogen and oxygen atoms in total. The quantitative estimate of drug-likeness (QED) is 0.923. The summed E-state index contributed by atoms with van der Waals surface area (Å²) < 4.78 is 11.3. The highest BCUT2D eigenvalue weighted by molar-refractivity contribution is 5.20. The molecule has 1 heterocycles. The summed E-state index contributed by atoms with van der Waals surface area (Å²) in [6.45, 7) is 6.98. The topological polar surface area (TPSA) is 74.2 Å². The van der Waals surface area contributed by atoms with E-state index in [1.54, 1.807) is 0 Å². The Bertz CT molecular complexity index is 493. The fourth-order valence-corrected chi connectivity index (χ4v) is 3.74. The molecule has 5 heteroatoms. The van der Waals surface area contributed by atoms with Crippen LogP contribution >= 0.6 is 0 Å². The summed E-state index contributed by atoms with van der Waals surface area (Å²) in [6, 6.07) is 0. The molecular weight excluding hydrogens is 266 g/mol. The van der Waals surface area contributed by atoms with Crippen LogP contribution in [-0.4, -0.2) is 22.9 Å². The van der Waals surface area contributed by atoms with Crippen LogP contribution in [0.2, 0.25) is 0 Å². The van der Waals surface area contributed by atoms with Gasteiger partial charge in [-0.3, -0.25) is 0 Å². The molecule has 2 aliphatic carbocycles. The number of hydrogen-bond acceptors (Lipinski definition) is 5. The maximum Gasteiger partial charge on any atom is 0.247 e. The van der Waals surface area contributed by atoms with E-state index in [-0.39, 0.29) is 11.5 Å². The van der Waals surface area contributed by atoms with Crippen LogP contribution in [0.15, 0.2) is 4.52 Å². The largest absolute Gasteiger partial charge is 0.378 e. The number of aromatic nitrogens is 2. The van der Waals surface area contributed by atoms with Crippen molar-refractivity contribution in [2.45, 2.75) is 76.9 Å². The van der Waals surface area contributed by atoms with Crippen molar-refractivity contribution in [1.29, 1.82) is 0 Å². The van der Waals surface area contributed by atoms with Gasteiger partial charge < -0.3 is 15.0 Å². The highest BCUT2D eigenvalue weighted by atomic mass is 16.5. The third kappa shape index (κ3) is 2.30. The predicted molar refractivity (Wildman–Crippen MR) is 79.8 cm³/mol. The molecule has 0 aliphatic heterocycles. The molecular formula is C16H27N3O2. The summed E-state index contributed by atoms with van der Waals surface area (Å²) in [6.07, 6.45) is 7.10. The number of nitrogens with zero attached hydrogens (tertiary/aromatic N) is 2. The highest BCUT2D eigenvalue weighted by Crippen LogP contribution is 2.55. The summed E-state index contributed by atoms with van der Waals surface area (Å²) in [7, 11) is 0. The first-order valence-corrected chi connectivity index (χ1v) is 8.23. The van der Waals surface area contributed by atoms with Crippen LogP contribution in [0.1, 0.15) is 76.9 Å². The Kier molecular flexibility index (Phi) is 3.82. The Morgan fingerprint density at radius 2 is 2.00 bits per heavy atom. The van der Waals surface area contributed by atoms with E-state index in [0.717, 1.165) is 12.2 Å². The first-order valence-electron chi connectivity index (χ1n) is 8.23. The van der Waals surface area contributed by atoms with Crippen LogP contribution in [0.4, 0.5) is 0 Å². The smallest absolute Gasteiger partial charge is 0.247 e. The molecule has 0 bridgehead atoms. The van der Waals surface area contributed by atoms with Crippen molar-refractivity contribution >= 4 is 0 Å². The maximum atomic E-state index is 6.59. The van der Waals surface area contributed by atoms with E-state index in [9.17, 15) is 0 Å². The normalized spacial score (nSPS) is 32.9. The molecule has 21 heavy (non-hydrogen) atoms. The second-order valence-corrected chi connectivity index (χ2v) is 7.13. The van der Waals surface area contributed by atoms with E-state index in [1.807, 2.05) is 6.92 Å². The van der Waals surface area contributed by atoms with Gasteiger partial charge in [0, 0.05) is 24.4 Å². The van der Waals surface area contributed by atoms with Crippen molar-refractivity contribution in [1.82, 2.24) is 10.1 Å². The lowest BCUT2D eigenvalue weighted by atomic mass is 9.54. The zero-order valence-corrected chi connectivity index (χ0v) is 13.4. The number of rotatable bonds is 4. The molecule has 2 saturated carbocycles. The molecule has 1 aromatic heterocycles. The lowest BCUT2D eigenvalue weighted by Crippen LogP contribution is -2.67. The van der Waals surface area contributed by atoms with Crippen LogP contribution in [-0.2, 0) is 10.3 Å². The van der Waals surface area contributed by atoms with E-state index in [2.05, 4.69) is 24.0 Å². The molecule has 2 aliphatic rings. The minimum absolute atomic E-state index is 0.164. The summed E-state index contributed by atoms with van der Waals surface area (Å²) in [5.41, 5.74) is 5.85. The first-order chi connectivity index (χ1) is 9.99. The molecule has 2 unspecified atom stereocenters. The van der Waals surface area contributed by atoms with Crippen LogP contribution in [0, 0.1) is 5.41 Å². The van der Waals surface area contributed by atoms with Crippen molar-refractivity contribution < 1.29 is 9.26 Å². The van der Waals surface area contributed by atoms with Gasteiger partial charge in [-0.05, 0) is 19.8 Å². The molecule has 0 amide bonds. The lowest BCUT2D eigenvalue weighted by molar-refractivity contribution is -0.162. The van der Waals surface area contributed by atoms with Crippen molar-refractivity contribution in [3.63, 3.8) is 0 Å². The standard InChI is InChI=1S/C16H27N3O2/c1-4-20-12-10-16(17,15(12,2)3)14-18-13(19-21-14)11-8-6-5-7-9-11/h11-12H,4-10,17H2,1-3H3. The second kappa shape index (κ2) is 5.36. The zero-order valence-electron chi connectivity index (χ0n) is 13.4. The average Bonchev–Trinajstić information content (AvgIpc) is 2.98. The fourth-order valence-electron chi connectivity index (χ4n) is 3.74. The third-order valence-corrected chi connectivity index (χ3v) is 5.62. The van der Waals surface area contributed by atoms with Gasteiger partial charge in [-0.15, -0.1) is 0 Å². The summed E-state index contributed by atoms with van der Waals surface area (Å²) in [4.78, 5) is 4.66. The highest BCUT2D eigenvalue weighted by Gasteiger charge is 2.62. The Balaban J connectivity index is 1.77. The van der Waals surface area contributed by atoms with Crippen LogP contribution in [0.5, 0.6) is 0 Å². The van der Waals surface area contributed by atoms with Crippen LogP contribution in [0.3, 0.4) is 0 Å². The Labute approximate surface area is 126 Å². The monoisotopic (exact) mass is 293 g/mol. The molecule has 1 aromatic rings. The van der Waals surface area contributed by atoms with Crippen molar-refractivity contribution in [2.75, 3.05) is 6.61 Å².